The number of carbonyl (C=O) groups is 1. The summed E-state index contributed by atoms with van der Waals surface area (Å²) in [4.78, 5) is 26.2. The van der Waals surface area contributed by atoms with Crippen LogP contribution in [0.3, 0.4) is 0 Å². The average molecular weight is 421 g/mol. The molecule has 162 valence electrons. The first-order valence-electron chi connectivity index (χ1n) is 10.7. The highest BCUT2D eigenvalue weighted by Gasteiger charge is 2.22. The lowest BCUT2D eigenvalue weighted by molar-refractivity contribution is 0.0355. The number of amides is 1. The van der Waals surface area contributed by atoms with Gasteiger partial charge in [0.05, 0.1) is 30.7 Å². The van der Waals surface area contributed by atoms with Gasteiger partial charge in [-0.15, -0.1) is 0 Å². The van der Waals surface area contributed by atoms with Crippen molar-refractivity contribution in [2.45, 2.75) is 19.9 Å². The third-order valence-corrected chi connectivity index (χ3v) is 5.52. The fourth-order valence-electron chi connectivity index (χ4n) is 3.77. The van der Waals surface area contributed by atoms with Crippen molar-refractivity contribution in [3.05, 3.63) is 71.9 Å². The number of nitrogens with zero attached hydrogens (tertiary/aromatic N) is 6. The molecule has 0 unspecified atom stereocenters. The maximum atomic E-state index is 13.5. The molecule has 1 fully saturated rings. The van der Waals surface area contributed by atoms with E-state index in [-0.39, 0.29) is 5.91 Å². The van der Waals surface area contributed by atoms with Crippen LogP contribution >= 0.6 is 0 Å². The van der Waals surface area contributed by atoms with Crippen LogP contribution in [-0.4, -0.2) is 74.8 Å². The van der Waals surface area contributed by atoms with E-state index in [1.807, 2.05) is 42.2 Å². The summed E-state index contributed by atoms with van der Waals surface area (Å²) in [5.74, 6) is 0.686. The van der Waals surface area contributed by atoms with Gasteiger partial charge in [0.2, 0.25) is 0 Å². The number of rotatable bonds is 8. The quantitative estimate of drug-likeness (QED) is 0.557. The van der Waals surface area contributed by atoms with Crippen LogP contribution in [0, 0.1) is 6.92 Å². The lowest BCUT2D eigenvalue weighted by Gasteiger charge is -2.28. The van der Waals surface area contributed by atoms with Gasteiger partial charge >= 0.3 is 0 Å². The highest BCUT2D eigenvalue weighted by Crippen LogP contribution is 2.17. The zero-order valence-electron chi connectivity index (χ0n) is 17.9. The minimum absolute atomic E-state index is 0.0153. The van der Waals surface area contributed by atoms with Gasteiger partial charge in [0.25, 0.3) is 5.91 Å². The summed E-state index contributed by atoms with van der Waals surface area (Å²) in [6.45, 7) is 7.55. The minimum Gasteiger partial charge on any atom is -0.379 e. The summed E-state index contributed by atoms with van der Waals surface area (Å²) in [5, 5.41) is 4.42. The molecule has 8 heteroatoms. The van der Waals surface area contributed by atoms with Gasteiger partial charge in [-0.05, 0) is 43.2 Å². The van der Waals surface area contributed by atoms with Crippen molar-refractivity contribution in [2.75, 3.05) is 39.4 Å². The number of pyridine rings is 2. The standard InChI is InChI=1S/C23H28N6O2/c1-19-21(17-26-29(19)22-5-2-3-8-25-22)23(30)28(18-20-6-9-24-10-7-20)12-4-11-27-13-15-31-16-14-27/h2-3,5-10,17H,4,11-16,18H2,1H3. The normalized spacial score (nSPS) is 14.5. The molecular formula is C23H28N6O2. The third-order valence-electron chi connectivity index (χ3n) is 5.52. The summed E-state index contributed by atoms with van der Waals surface area (Å²) in [7, 11) is 0. The first-order chi connectivity index (χ1) is 15.2. The molecule has 31 heavy (non-hydrogen) atoms. The van der Waals surface area contributed by atoms with Gasteiger partial charge in [0.15, 0.2) is 5.82 Å². The van der Waals surface area contributed by atoms with E-state index in [4.69, 9.17) is 4.74 Å². The minimum atomic E-state index is -0.0153. The molecule has 0 radical (unpaired) electrons. The van der Waals surface area contributed by atoms with Crippen LogP contribution in [0.4, 0.5) is 0 Å². The van der Waals surface area contributed by atoms with Gasteiger partial charge in [-0.25, -0.2) is 9.67 Å². The van der Waals surface area contributed by atoms with E-state index in [9.17, 15) is 4.79 Å². The predicted octanol–water partition coefficient (Wildman–Crippen LogP) is 2.34. The molecule has 3 aromatic rings. The fourth-order valence-corrected chi connectivity index (χ4v) is 3.77. The SMILES string of the molecule is Cc1c(C(=O)N(CCCN2CCOCC2)Cc2ccncc2)cnn1-c1ccccn1. The summed E-state index contributed by atoms with van der Waals surface area (Å²) in [6, 6.07) is 9.55. The molecule has 0 aromatic carbocycles. The van der Waals surface area contributed by atoms with Gasteiger partial charge in [-0.2, -0.15) is 5.10 Å². The summed E-state index contributed by atoms with van der Waals surface area (Å²) < 4.78 is 7.14. The van der Waals surface area contributed by atoms with Crippen molar-refractivity contribution in [3.8, 4) is 5.82 Å². The van der Waals surface area contributed by atoms with Crippen molar-refractivity contribution in [1.29, 1.82) is 0 Å². The molecule has 0 N–H and O–H groups in total. The van der Waals surface area contributed by atoms with E-state index in [0.717, 1.165) is 50.5 Å². The second kappa shape index (κ2) is 10.3. The van der Waals surface area contributed by atoms with E-state index < -0.39 is 0 Å². The van der Waals surface area contributed by atoms with E-state index in [1.54, 1.807) is 29.5 Å². The van der Waals surface area contributed by atoms with Crippen LogP contribution in [0.5, 0.6) is 0 Å². The van der Waals surface area contributed by atoms with Crippen LogP contribution in [0.15, 0.2) is 55.1 Å². The molecule has 1 aliphatic rings. The van der Waals surface area contributed by atoms with Crippen molar-refractivity contribution >= 4 is 5.91 Å². The Morgan fingerprint density at radius 1 is 1.13 bits per heavy atom. The zero-order chi connectivity index (χ0) is 21.5. The Kier molecular flexibility index (Phi) is 7.01. The Morgan fingerprint density at radius 2 is 1.94 bits per heavy atom. The molecule has 8 nitrogen and oxygen atoms in total. The topological polar surface area (TPSA) is 76.4 Å². The molecule has 1 aliphatic heterocycles. The Balaban J connectivity index is 1.49. The van der Waals surface area contributed by atoms with Crippen LogP contribution in [-0.2, 0) is 11.3 Å². The molecule has 0 saturated carbocycles. The number of hydrogen-bond donors (Lipinski definition) is 0. The first-order valence-corrected chi connectivity index (χ1v) is 10.7. The van der Waals surface area contributed by atoms with Crippen LogP contribution in [0.25, 0.3) is 5.82 Å². The molecule has 1 amide bonds. The largest absolute Gasteiger partial charge is 0.379 e. The van der Waals surface area contributed by atoms with Crippen molar-refractivity contribution in [1.82, 2.24) is 29.5 Å². The third kappa shape index (κ3) is 5.34. The number of morpholine rings is 1. The number of hydrogen-bond acceptors (Lipinski definition) is 6. The van der Waals surface area contributed by atoms with Crippen molar-refractivity contribution in [2.24, 2.45) is 0 Å². The lowest BCUT2D eigenvalue weighted by Crippen LogP contribution is -2.39. The maximum Gasteiger partial charge on any atom is 0.257 e. The Morgan fingerprint density at radius 3 is 2.68 bits per heavy atom. The van der Waals surface area contributed by atoms with Crippen molar-refractivity contribution < 1.29 is 9.53 Å². The van der Waals surface area contributed by atoms with Crippen LogP contribution in [0.2, 0.25) is 0 Å². The molecule has 0 spiro atoms. The fraction of sp³-hybridized carbons (Fsp3) is 0.391. The second-order valence-corrected chi connectivity index (χ2v) is 7.63. The highest BCUT2D eigenvalue weighted by atomic mass is 16.5. The second-order valence-electron chi connectivity index (χ2n) is 7.63. The molecule has 4 heterocycles. The molecule has 3 aromatic heterocycles. The maximum absolute atomic E-state index is 13.5. The van der Waals surface area contributed by atoms with Gasteiger partial charge in [-0.3, -0.25) is 14.7 Å². The predicted molar refractivity (Wildman–Crippen MR) is 117 cm³/mol. The first kappa shape index (κ1) is 21.1. The Labute approximate surface area is 182 Å². The van der Waals surface area contributed by atoms with E-state index >= 15 is 0 Å². The van der Waals surface area contributed by atoms with Crippen molar-refractivity contribution in [3.63, 3.8) is 0 Å². The molecule has 0 bridgehead atoms. The summed E-state index contributed by atoms with van der Waals surface area (Å²) in [6.07, 6.45) is 7.80. The van der Waals surface area contributed by atoms with Gasteiger partial charge in [0, 0.05) is 51.3 Å². The molecule has 4 rings (SSSR count). The van der Waals surface area contributed by atoms with E-state index in [1.165, 1.54) is 0 Å². The lowest BCUT2D eigenvalue weighted by atomic mass is 10.2. The molecule has 1 saturated heterocycles. The van der Waals surface area contributed by atoms with E-state index in [0.29, 0.717) is 24.5 Å². The summed E-state index contributed by atoms with van der Waals surface area (Å²) >= 11 is 0. The van der Waals surface area contributed by atoms with Crippen LogP contribution in [0.1, 0.15) is 28.0 Å². The van der Waals surface area contributed by atoms with E-state index in [2.05, 4.69) is 20.0 Å². The number of carbonyl (C=O) groups excluding carboxylic acids is 1. The highest BCUT2D eigenvalue weighted by molar-refractivity contribution is 5.95. The average Bonchev–Trinajstić information content (AvgIpc) is 3.21. The van der Waals surface area contributed by atoms with Gasteiger partial charge in [0.1, 0.15) is 0 Å². The molecule has 0 aliphatic carbocycles. The van der Waals surface area contributed by atoms with Gasteiger partial charge in [-0.1, -0.05) is 6.07 Å². The zero-order valence-corrected chi connectivity index (χ0v) is 17.9. The Hall–Kier alpha value is -3.10. The monoisotopic (exact) mass is 420 g/mol. The summed E-state index contributed by atoms with van der Waals surface area (Å²) in [5.41, 5.74) is 2.45. The smallest absolute Gasteiger partial charge is 0.257 e. The number of ether oxygens (including phenoxy) is 1. The van der Waals surface area contributed by atoms with Gasteiger partial charge < -0.3 is 9.64 Å². The molecule has 0 atom stereocenters. The van der Waals surface area contributed by atoms with Crippen LogP contribution < -0.4 is 0 Å². The Bertz CT molecular complexity index is 970. The molecular weight excluding hydrogens is 392 g/mol. The number of aromatic nitrogens is 4.